The monoisotopic (exact) mass is 398 g/mol. The van der Waals surface area contributed by atoms with E-state index in [2.05, 4.69) is 15.5 Å². The van der Waals surface area contributed by atoms with E-state index in [4.69, 9.17) is 9.47 Å². The highest BCUT2D eigenvalue weighted by atomic mass is 32.2. The standard InChI is InChI=1S/C20H22N4O3S/c1-14(27-17-11-9-16(26-3)10-12-17)19-22-23-20(24(19)2)28-13-18(25)21-15-7-5-4-6-8-15/h4-12,14H,13H2,1-3H3,(H,21,25). The second kappa shape index (κ2) is 9.27. The van der Waals surface area contributed by atoms with Gasteiger partial charge in [0, 0.05) is 12.7 Å². The summed E-state index contributed by atoms with van der Waals surface area (Å²) in [6.07, 6.45) is -0.293. The quantitative estimate of drug-likeness (QED) is 0.583. The van der Waals surface area contributed by atoms with Gasteiger partial charge < -0.3 is 19.4 Å². The molecule has 1 atom stereocenters. The van der Waals surface area contributed by atoms with Gasteiger partial charge in [-0.05, 0) is 43.3 Å². The van der Waals surface area contributed by atoms with Crippen LogP contribution in [0.2, 0.25) is 0 Å². The Bertz CT molecular complexity index is 913. The maximum atomic E-state index is 12.1. The second-order valence-corrected chi connectivity index (χ2v) is 6.98. The van der Waals surface area contributed by atoms with Crippen molar-refractivity contribution in [3.63, 3.8) is 0 Å². The number of anilines is 1. The van der Waals surface area contributed by atoms with Gasteiger partial charge in [0.15, 0.2) is 17.1 Å². The Balaban J connectivity index is 1.57. The van der Waals surface area contributed by atoms with Crippen LogP contribution in [-0.4, -0.2) is 33.5 Å². The lowest BCUT2D eigenvalue weighted by atomic mass is 10.3. The number of thioether (sulfide) groups is 1. The van der Waals surface area contributed by atoms with Crippen molar-refractivity contribution >= 4 is 23.4 Å². The Morgan fingerprint density at radius 1 is 1.11 bits per heavy atom. The number of carbonyl (C=O) groups excluding carboxylic acids is 1. The Hall–Kier alpha value is -3.00. The van der Waals surface area contributed by atoms with Gasteiger partial charge in [0.2, 0.25) is 5.91 Å². The number of aromatic nitrogens is 3. The van der Waals surface area contributed by atoms with Crippen molar-refractivity contribution in [3.05, 3.63) is 60.4 Å². The smallest absolute Gasteiger partial charge is 0.234 e. The number of hydrogen-bond acceptors (Lipinski definition) is 6. The van der Waals surface area contributed by atoms with Crippen LogP contribution in [-0.2, 0) is 11.8 Å². The van der Waals surface area contributed by atoms with Gasteiger partial charge in [0.25, 0.3) is 0 Å². The predicted octanol–water partition coefficient (Wildman–Crippen LogP) is 3.69. The van der Waals surface area contributed by atoms with E-state index < -0.39 is 0 Å². The largest absolute Gasteiger partial charge is 0.497 e. The molecule has 1 amide bonds. The third kappa shape index (κ3) is 5.04. The van der Waals surface area contributed by atoms with Crippen molar-refractivity contribution in [1.29, 1.82) is 0 Å². The topological polar surface area (TPSA) is 78.3 Å². The normalized spacial score (nSPS) is 11.7. The third-order valence-electron chi connectivity index (χ3n) is 3.99. The summed E-state index contributed by atoms with van der Waals surface area (Å²) in [5.74, 6) is 2.32. The SMILES string of the molecule is COc1ccc(OC(C)c2nnc(SCC(=O)Nc3ccccc3)n2C)cc1. The first-order valence-corrected chi connectivity index (χ1v) is 9.73. The van der Waals surface area contributed by atoms with Crippen molar-refractivity contribution in [2.24, 2.45) is 7.05 Å². The molecule has 0 spiro atoms. The number of hydrogen-bond donors (Lipinski definition) is 1. The van der Waals surface area contributed by atoms with E-state index in [9.17, 15) is 4.79 Å². The minimum Gasteiger partial charge on any atom is -0.497 e. The molecule has 0 aliphatic carbocycles. The maximum Gasteiger partial charge on any atom is 0.234 e. The zero-order chi connectivity index (χ0) is 19.9. The molecule has 3 aromatic rings. The molecule has 8 heteroatoms. The minimum absolute atomic E-state index is 0.0942. The highest BCUT2D eigenvalue weighted by Gasteiger charge is 2.18. The Morgan fingerprint density at radius 3 is 2.46 bits per heavy atom. The number of carbonyl (C=O) groups is 1. The van der Waals surface area contributed by atoms with Gasteiger partial charge in [-0.3, -0.25) is 4.79 Å². The van der Waals surface area contributed by atoms with Crippen LogP contribution < -0.4 is 14.8 Å². The van der Waals surface area contributed by atoms with Crippen LogP contribution >= 0.6 is 11.8 Å². The first-order valence-electron chi connectivity index (χ1n) is 8.74. The van der Waals surface area contributed by atoms with E-state index in [0.717, 1.165) is 11.4 Å². The Morgan fingerprint density at radius 2 is 1.79 bits per heavy atom. The highest BCUT2D eigenvalue weighted by molar-refractivity contribution is 7.99. The number of rotatable bonds is 8. The molecule has 3 rings (SSSR count). The van der Waals surface area contributed by atoms with Crippen LogP contribution in [0.3, 0.4) is 0 Å². The summed E-state index contributed by atoms with van der Waals surface area (Å²) in [5, 5.41) is 11.9. The van der Waals surface area contributed by atoms with Crippen LogP contribution in [0.25, 0.3) is 0 Å². The number of amides is 1. The fourth-order valence-electron chi connectivity index (χ4n) is 2.57. The maximum absolute atomic E-state index is 12.1. The highest BCUT2D eigenvalue weighted by Crippen LogP contribution is 2.25. The summed E-state index contributed by atoms with van der Waals surface area (Å²) in [7, 11) is 3.48. The molecule has 2 aromatic carbocycles. The number of para-hydroxylation sites is 1. The van der Waals surface area contributed by atoms with Crippen molar-refractivity contribution in [3.8, 4) is 11.5 Å². The number of nitrogens with one attached hydrogen (secondary N) is 1. The lowest BCUT2D eigenvalue weighted by Gasteiger charge is -2.14. The molecular formula is C20H22N4O3S. The van der Waals surface area contributed by atoms with Gasteiger partial charge in [0.1, 0.15) is 11.5 Å². The fraction of sp³-hybridized carbons (Fsp3) is 0.250. The molecule has 0 radical (unpaired) electrons. The van der Waals surface area contributed by atoms with Crippen LogP contribution in [0, 0.1) is 0 Å². The van der Waals surface area contributed by atoms with Gasteiger partial charge in [-0.15, -0.1) is 10.2 Å². The molecule has 0 aliphatic heterocycles. The van der Waals surface area contributed by atoms with Crippen LogP contribution in [0.1, 0.15) is 18.9 Å². The summed E-state index contributed by atoms with van der Waals surface area (Å²) in [6, 6.07) is 16.7. The van der Waals surface area contributed by atoms with E-state index in [-0.39, 0.29) is 17.8 Å². The molecule has 1 aromatic heterocycles. The van der Waals surface area contributed by atoms with Gasteiger partial charge in [0.05, 0.1) is 12.9 Å². The lowest BCUT2D eigenvalue weighted by Crippen LogP contribution is -2.14. The molecule has 1 heterocycles. The van der Waals surface area contributed by atoms with Gasteiger partial charge >= 0.3 is 0 Å². The molecule has 0 saturated carbocycles. The van der Waals surface area contributed by atoms with Crippen molar-refractivity contribution in [2.75, 3.05) is 18.2 Å². The molecule has 146 valence electrons. The number of methoxy groups -OCH3 is 1. The summed E-state index contributed by atoms with van der Waals surface area (Å²) in [6.45, 7) is 1.91. The molecule has 1 unspecified atom stereocenters. The van der Waals surface area contributed by atoms with E-state index >= 15 is 0 Å². The van der Waals surface area contributed by atoms with Crippen molar-refractivity contribution in [2.45, 2.75) is 18.2 Å². The predicted molar refractivity (Wildman–Crippen MR) is 109 cm³/mol. The van der Waals surface area contributed by atoms with Crippen molar-refractivity contribution in [1.82, 2.24) is 14.8 Å². The van der Waals surface area contributed by atoms with Gasteiger partial charge in [-0.2, -0.15) is 0 Å². The second-order valence-electron chi connectivity index (χ2n) is 6.04. The van der Waals surface area contributed by atoms with Crippen molar-refractivity contribution < 1.29 is 14.3 Å². The first kappa shape index (κ1) is 19.8. The van der Waals surface area contributed by atoms with E-state index in [1.54, 1.807) is 7.11 Å². The zero-order valence-corrected chi connectivity index (χ0v) is 16.8. The van der Waals surface area contributed by atoms with E-state index in [1.165, 1.54) is 11.8 Å². The number of benzene rings is 2. The summed E-state index contributed by atoms with van der Waals surface area (Å²) < 4.78 is 12.9. The van der Waals surface area contributed by atoms with E-state index in [1.807, 2.05) is 73.1 Å². The lowest BCUT2D eigenvalue weighted by molar-refractivity contribution is -0.113. The van der Waals surface area contributed by atoms with Crippen LogP contribution in [0.5, 0.6) is 11.5 Å². The molecule has 28 heavy (non-hydrogen) atoms. The molecule has 1 N–H and O–H groups in total. The number of ether oxygens (including phenoxy) is 2. The Kier molecular flexibility index (Phi) is 6.54. The van der Waals surface area contributed by atoms with Crippen LogP contribution in [0.4, 0.5) is 5.69 Å². The van der Waals surface area contributed by atoms with Crippen LogP contribution in [0.15, 0.2) is 59.8 Å². The summed E-state index contributed by atoms with van der Waals surface area (Å²) in [5.41, 5.74) is 0.772. The van der Waals surface area contributed by atoms with E-state index in [0.29, 0.717) is 16.7 Å². The zero-order valence-electron chi connectivity index (χ0n) is 16.0. The molecule has 0 aliphatic rings. The molecule has 0 saturated heterocycles. The number of nitrogens with zero attached hydrogens (tertiary/aromatic N) is 3. The molecule has 0 bridgehead atoms. The van der Waals surface area contributed by atoms with Gasteiger partial charge in [-0.25, -0.2) is 0 Å². The average Bonchev–Trinajstić information content (AvgIpc) is 3.08. The Labute approximate surface area is 168 Å². The average molecular weight is 398 g/mol. The first-order chi connectivity index (χ1) is 13.6. The summed E-state index contributed by atoms with van der Waals surface area (Å²) >= 11 is 1.33. The molecule has 7 nitrogen and oxygen atoms in total. The molecule has 0 fully saturated rings. The minimum atomic E-state index is -0.293. The third-order valence-corrected chi connectivity index (χ3v) is 5.01. The molecular weight excluding hydrogens is 376 g/mol. The summed E-state index contributed by atoms with van der Waals surface area (Å²) in [4.78, 5) is 12.1. The van der Waals surface area contributed by atoms with Gasteiger partial charge in [-0.1, -0.05) is 30.0 Å². The fourth-order valence-corrected chi connectivity index (χ4v) is 3.28.